The molecular weight excluding hydrogens is 436 g/mol. The number of nitrogens with one attached hydrogen (secondary N) is 1. The normalized spacial score (nSPS) is 10.6. The van der Waals surface area contributed by atoms with E-state index in [0.29, 0.717) is 22.2 Å². The number of hydrogen-bond donors (Lipinski definition) is 1. The van der Waals surface area contributed by atoms with E-state index in [4.69, 9.17) is 25.8 Å². The Morgan fingerprint density at radius 3 is 2.66 bits per heavy atom. The summed E-state index contributed by atoms with van der Waals surface area (Å²) in [5.74, 6) is -0.213. The molecule has 0 unspecified atom stereocenters. The molecule has 0 bridgehead atoms. The molecule has 1 amide bonds. The number of anilines is 1. The number of fused-ring (bicyclic) bond motifs is 1. The lowest BCUT2D eigenvalue weighted by Crippen LogP contribution is -2.22. The maximum atomic E-state index is 12.1. The molecule has 1 N–H and O–H groups in total. The topological polar surface area (TPSA) is 86.8 Å². The maximum Gasteiger partial charge on any atom is 0.316 e. The van der Waals surface area contributed by atoms with Crippen molar-refractivity contribution >= 4 is 62.5 Å². The van der Waals surface area contributed by atoms with Gasteiger partial charge in [-0.05, 0) is 12.1 Å². The first-order chi connectivity index (χ1) is 14.0. The number of aromatic nitrogens is 1. The van der Waals surface area contributed by atoms with E-state index in [0.717, 1.165) is 14.6 Å². The number of para-hydroxylation sites is 1. The van der Waals surface area contributed by atoms with Crippen LogP contribution in [0.4, 0.5) is 5.69 Å². The molecule has 0 fully saturated rings. The zero-order chi connectivity index (χ0) is 20.8. The molecule has 0 aliphatic heterocycles. The van der Waals surface area contributed by atoms with Gasteiger partial charge in [-0.1, -0.05) is 35.5 Å². The van der Waals surface area contributed by atoms with E-state index in [2.05, 4.69) is 10.3 Å². The zero-order valence-electron chi connectivity index (χ0n) is 15.6. The van der Waals surface area contributed by atoms with Crippen molar-refractivity contribution in [1.82, 2.24) is 4.98 Å². The standard InChI is InChI=1S/C19H17ClN2O5S2/c1-25-14-8-13(15(26-2)7-11(14)20)21-17(23)9-27-18(24)10-28-19-22-12-5-3-4-6-16(12)29-19/h3-8H,9-10H2,1-2H3,(H,21,23). The van der Waals surface area contributed by atoms with Crippen molar-refractivity contribution in [3.63, 3.8) is 0 Å². The van der Waals surface area contributed by atoms with Crippen LogP contribution in [-0.2, 0) is 14.3 Å². The van der Waals surface area contributed by atoms with Gasteiger partial charge in [-0.15, -0.1) is 11.3 Å². The van der Waals surface area contributed by atoms with Crippen LogP contribution in [0.1, 0.15) is 0 Å². The second kappa shape index (κ2) is 9.82. The van der Waals surface area contributed by atoms with Crippen molar-refractivity contribution < 1.29 is 23.8 Å². The van der Waals surface area contributed by atoms with Gasteiger partial charge >= 0.3 is 5.97 Å². The largest absolute Gasteiger partial charge is 0.495 e. The Morgan fingerprint density at radius 1 is 1.17 bits per heavy atom. The second-order valence-corrected chi connectivity index (χ2v) is 8.29. The number of benzene rings is 2. The van der Waals surface area contributed by atoms with Gasteiger partial charge in [0.25, 0.3) is 5.91 Å². The Morgan fingerprint density at radius 2 is 1.93 bits per heavy atom. The average molecular weight is 453 g/mol. The molecule has 7 nitrogen and oxygen atoms in total. The molecule has 0 radical (unpaired) electrons. The van der Waals surface area contributed by atoms with Gasteiger partial charge in [0.2, 0.25) is 0 Å². The van der Waals surface area contributed by atoms with Crippen LogP contribution in [0.15, 0.2) is 40.7 Å². The molecule has 3 rings (SSSR count). The van der Waals surface area contributed by atoms with Crippen LogP contribution in [0.25, 0.3) is 10.2 Å². The Balaban J connectivity index is 1.50. The van der Waals surface area contributed by atoms with Crippen LogP contribution in [0.3, 0.4) is 0 Å². The minimum absolute atomic E-state index is 0.0607. The number of amides is 1. The molecule has 1 heterocycles. The van der Waals surface area contributed by atoms with Gasteiger partial charge < -0.3 is 19.5 Å². The van der Waals surface area contributed by atoms with Gasteiger partial charge in [0.1, 0.15) is 11.5 Å². The summed E-state index contributed by atoms with van der Waals surface area (Å²) in [6.07, 6.45) is 0. The van der Waals surface area contributed by atoms with Gasteiger partial charge in [0, 0.05) is 12.1 Å². The van der Waals surface area contributed by atoms with Crippen LogP contribution in [0, 0.1) is 0 Å². The summed E-state index contributed by atoms with van der Waals surface area (Å²) >= 11 is 8.81. The number of nitrogens with zero attached hydrogens (tertiary/aromatic N) is 1. The van der Waals surface area contributed by atoms with E-state index in [1.165, 1.54) is 49.5 Å². The summed E-state index contributed by atoms with van der Waals surface area (Å²) in [6.45, 7) is -0.423. The number of ether oxygens (including phenoxy) is 3. The fourth-order valence-corrected chi connectivity index (χ4v) is 4.46. The molecule has 2 aromatic carbocycles. The summed E-state index contributed by atoms with van der Waals surface area (Å²) in [5, 5.41) is 2.96. The number of esters is 1. The lowest BCUT2D eigenvalue weighted by molar-refractivity contribution is -0.144. The Labute approximate surface area is 180 Å². The van der Waals surface area contributed by atoms with Crippen molar-refractivity contribution in [2.24, 2.45) is 0 Å². The molecule has 0 spiro atoms. The van der Waals surface area contributed by atoms with Crippen molar-refractivity contribution in [3.05, 3.63) is 41.4 Å². The molecule has 3 aromatic rings. The van der Waals surface area contributed by atoms with E-state index in [-0.39, 0.29) is 5.75 Å². The molecule has 0 aliphatic carbocycles. The van der Waals surface area contributed by atoms with Crippen LogP contribution < -0.4 is 14.8 Å². The molecule has 0 saturated carbocycles. The molecule has 1 aromatic heterocycles. The summed E-state index contributed by atoms with van der Waals surface area (Å²) in [6, 6.07) is 10.8. The third-order valence-corrected chi connectivity index (χ3v) is 6.15. The summed E-state index contributed by atoms with van der Waals surface area (Å²) in [5.41, 5.74) is 1.25. The highest BCUT2D eigenvalue weighted by Crippen LogP contribution is 2.35. The van der Waals surface area contributed by atoms with Gasteiger partial charge in [0.05, 0.1) is 40.9 Å². The molecule has 0 saturated heterocycles. The summed E-state index contributed by atoms with van der Waals surface area (Å²) in [7, 11) is 2.91. The van der Waals surface area contributed by atoms with Crippen molar-refractivity contribution in [2.75, 3.05) is 31.9 Å². The predicted molar refractivity (Wildman–Crippen MR) is 114 cm³/mol. The molecule has 152 valence electrons. The molecule has 10 heteroatoms. The average Bonchev–Trinajstić information content (AvgIpc) is 3.14. The highest BCUT2D eigenvalue weighted by atomic mass is 35.5. The first-order valence-corrected chi connectivity index (χ1v) is 10.5. The number of thiazole rings is 1. The number of carbonyl (C=O) groups is 2. The van der Waals surface area contributed by atoms with Crippen LogP contribution >= 0.6 is 34.7 Å². The molecule has 0 aliphatic rings. The highest BCUT2D eigenvalue weighted by Gasteiger charge is 2.15. The Hall–Kier alpha value is -2.49. The minimum Gasteiger partial charge on any atom is -0.495 e. The van der Waals surface area contributed by atoms with E-state index < -0.39 is 18.5 Å². The van der Waals surface area contributed by atoms with E-state index in [1.807, 2.05) is 24.3 Å². The van der Waals surface area contributed by atoms with Gasteiger partial charge in [-0.3, -0.25) is 9.59 Å². The SMILES string of the molecule is COc1cc(NC(=O)COC(=O)CSc2nc3ccccc3s2)c(OC)cc1Cl. The number of thioether (sulfide) groups is 1. The maximum absolute atomic E-state index is 12.1. The summed E-state index contributed by atoms with van der Waals surface area (Å²) < 4.78 is 17.2. The quantitative estimate of drug-likeness (QED) is 0.404. The number of rotatable bonds is 8. The lowest BCUT2D eigenvalue weighted by atomic mass is 10.2. The van der Waals surface area contributed by atoms with Crippen molar-refractivity contribution in [1.29, 1.82) is 0 Å². The minimum atomic E-state index is -0.509. The van der Waals surface area contributed by atoms with Crippen LogP contribution in [0.5, 0.6) is 11.5 Å². The van der Waals surface area contributed by atoms with E-state index in [1.54, 1.807) is 0 Å². The highest BCUT2D eigenvalue weighted by molar-refractivity contribution is 8.01. The first-order valence-electron chi connectivity index (χ1n) is 8.35. The van der Waals surface area contributed by atoms with Crippen LogP contribution in [0.2, 0.25) is 5.02 Å². The first kappa shape index (κ1) is 21.2. The number of hydrogen-bond acceptors (Lipinski definition) is 8. The van der Waals surface area contributed by atoms with Crippen molar-refractivity contribution in [3.8, 4) is 11.5 Å². The lowest BCUT2D eigenvalue weighted by Gasteiger charge is -2.13. The third kappa shape index (κ3) is 5.53. The Kier molecular flexibility index (Phi) is 7.18. The molecule has 0 atom stereocenters. The predicted octanol–water partition coefficient (Wildman–Crippen LogP) is 4.24. The monoisotopic (exact) mass is 452 g/mol. The van der Waals surface area contributed by atoms with E-state index in [9.17, 15) is 9.59 Å². The van der Waals surface area contributed by atoms with E-state index >= 15 is 0 Å². The van der Waals surface area contributed by atoms with Gasteiger partial charge in [-0.2, -0.15) is 0 Å². The molecular formula is C19H17ClN2O5S2. The number of carbonyl (C=O) groups excluding carboxylic acids is 2. The zero-order valence-corrected chi connectivity index (χ0v) is 18.0. The van der Waals surface area contributed by atoms with Crippen LogP contribution in [-0.4, -0.2) is 43.4 Å². The smallest absolute Gasteiger partial charge is 0.316 e. The fourth-order valence-electron chi connectivity index (χ4n) is 2.37. The Bertz CT molecular complexity index is 1010. The van der Waals surface area contributed by atoms with Crippen molar-refractivity contribution in [2.45, 2.75) is 4.34 Å². The molecule has 29 heavy (non-hydrogen) atoms. The number of halogens is 1. The van der Waals surface area contributed by atoms with Gasteiger partial charge in [-0.25, -0.2) is 4.98 Å². The summed E-state index contributed by atoms with van der Waals surface area (Å²) in [4.78, 5) is 28.5. The third-order valence-electron chi connectivity index (χ3n) is 3.70. The second-order valence-electron chi connectivity index (χ2n) is 5.63. The number of methoxy groups -OCH3 is 2. The fraction of sp³-hybridized carbons (Fsp3) is 0.211. The van der Waals surface area contributed by atoms with Gasteiger partial charge in [0.15, 0.2) is 10.9 Å².